The van der Waals surface area contributed by atoms with Crippen LogP contribution in [-0.2, 0) is 16.1 Å². The molecule has 9 heteroatoms. The summed E-state index contributed by atoms with van der Waals surface area (Å²) < 4.78 is 7.82. The first-order valence-electron chi connectivity index (χ1n) is 8.67. The molecule has 0 aliphatic carbocycles. The number of nitrogens with one attached hydrogen (secondary N) is 1. The molecule has 0 atom stereocenters. The van der Waals surface area contributed by atoms with Crippen LogP contribution in [0.15, 0.2) is 30.3 Å². The molecule has 2 aromatic heterocycles. The molecule has 1 aliphatic heterocycles. The van der Waals surface area contributed by atoms with Gasteiger partial charge in [-0.3, -0.25) is 14.3 Å². The van der Waals surface area contributed by atoms with Crippen molar-refractivity contribution in [3.05, 3.63) is 41.7 Å². The predicted octanol–water partition coefficient (Wildman–Crippen LogP) is 1.91. The molecular formula is C18H19N5O3S. The van der Waals surface area contributed by atoms with Gasteiger partial charge in [-0.05, 0) is 25.1 Å². The molecule has 0 saturated carbocycles. The van der Waals surface area contributed by atoms with E-state index < -0.39 is 0 Å². The van der Waals surface area contributed by atoms with E-state index in [1.165, 1.54) is 16.0 Å². The van der Waals surface area contributed by atoms with Gasteiger partial charge in [0.2, 0.25) is 5.91 Å². The van der Waals surface area contributed by atoms with Gasteiger partial charge in [0.15, 0.2) is 10.8 Å². The van der Waals surface area contributed by atoms with Gasteiger partial charge in [-0.25, -0.2) is 4.98 Å². The zero-order valence-corrected chi connectivity index (χ0v) is 15.7. The smallest absolute Gasteiger partial charge is 0.274 e. The fourth-order valence-electron chi connectivity index (χ4n) is 2.92. The standard InChI is InChI=1S/C18H19N5O3S/c1-12-10-14(17(25)22-6-8-26-9-7-22)21-23(12)11-16(24)20-18-19-13-4-2-3-5-15(13)27-18/h2-5,10H,6-9,11H2,1H3,(H,19,20,24). The third-order valence-corrected chi connectivity index (χ3v) is 5.28. The summed E-state index contributed by atoms with van der Waals surface area (Å²) in [5.74, 6) is -0.364. The number of ether oxygens (including phenoxy) is 1. The van der Waals surface area contributed by atoms with Gasteiger partial charge in [0.05, 0.1) is 23.4 Å². The molecule has 0 radical (unpaired) electrons. The maximum atomic E-state index is 12.5. The SMILES string of the molecule is Cc1cc(C(=O)N2CCOCC2)nn1CC(=O)Nc1nc2ccccc2s1. The molecule has 1 fully saturated rings. The van der Waals surface area contributed by atoms with E-state index in [2.05, 4.69) is 15.4 Å². The van der Waals surface area contributed by atoms with Gasteiger partial charge in [-0.2, -0.15) is 5.10 Å². The number of fused-ring (bicyclic) bond motifs is 1. The number of carbonyl (C=O) groups is 2. The van der Waals surface area contributed by atoms with Crippen molar-refractivity contribution >= 4 is 38.5 Å². The van der Waals surface area contributed by atoms with E-state index in [9.17, 15) is 9.59 Å². The minimum atomic E-state index is -0.231. The van der Waals surface area contributed by atoms with Crippen LogP contribution in [-0.4, -0.2) is 57.8 Å². The topological polar surface area (TPSA) is 89.4 Å². The van der Waals surface area contributed by atoms with Crippen LogP contribution >= 0.6 is 11.3 Å². The van der Waals surface area contributed by atoms with Crippen molar-refractivity contribution in [2.75, 3.05) is 31.6 Å². The summed E-state index contributed by atoms with van der Waals surface area (Å²) in [5, 5.41) is 7.67. The first-order chi connectivity index (χ1) is 13.1. The number of aryl methyl sites for hydroxylation is 1. The fraction of sp³-hybridized carbons (Fsp3) is 0.333. The van der Waals surface area contributed by atoms with Crippen LogP contribution in [0.3, 0.4) is 0 Å². The van der Waals surface area contributed by atoms with Gasteiger partial charge in [-0.15, -0.1) is 0 Å². The van der Waals surface area contributed by atoms with Crippen molar-refractivity contribution in [3.8, 4) is 0 Å². The zero-order valence-electron chi connectivity index (χ0n) is 14.8. The highest BCUT2D eigenvalue weighted by molar-refractivity contribution is 7.22. The Bertz CT molecular complexity index is 957. The number of aromatic nitrogens is 3. The van der Waals surface area contributed by atoms with Crippen LogP contribution in [0.2, 0.25) is 0 Å². The van der Waals surface area contributed by atoms with Gasteiger partial charge >= 0.3 is 0 Å². The maximum absolute atomic E-state index is 12.5. The summed E-state index contributed by atoms with van der Waals surface area (Å²) in [6.07, 6.45) is 0. The highest BCUT2D eigenvalue weighted by Crippen LogP contribution is 2.25. The Morgan fingerprint density at radius 2 is 2.04 bits per heavy atom. The van der Waals surface area contributed by atoms with Crippen molar-refractivity contribution < 1.29 is 14.3 Å². The molecule has 4 rings (SSSR count). The molecule has 1 aromatic carbocycles. The van der Waals surface area contributed by atoms with Crippen molar-refractivity contribution in [3.63, 3.8) is 0 Å². The van der Waals surface area contributed by atoms with Crippen LogP contribution in [0.1, 0.15) is 16.2 Å². The summed E-state index contributed by atoms with van der Waals surface area (Å²) in [6, 6.07) is 9.43. The molecule has 27 heavy (non-hydrogen) atoms. The largest absolute Gasteiger partial charge is 0.378 e. The highest BCUT2D eigenvalue weighted by atomic mass is 32.1. The Labute approximate surface area is 159 Å². The lowest BCUT2D eigenvalue weighted by Crippen LogP contribution is -2.40. The number of carbonyl (C=O) groups excluding carboxylic acids is 2. The van der Waals surface area contributed by atoms with Crippen molar-refractivity contribution in [2.45, 2.75) is 13.5 Å². The average Bonchev–Trinajstić information content (AvgIpc) is 3.24. The molecule has 0 bridgehead atoms. The van der Waals surface area contributed by atoms with Gasteiger partial charge in [0.1, 0.15) is 6.54 Å². The molecule has 3 heterocycles. The van der Waals surface area contributed by atoms with Crippen LogP contribution in [0.5, 0.6) is 0 Å². The molecule has 140 valence electrons. The minimum Gasteiger partial charge on any atom is -0.378 e. The number of rotatable bonds is 4. The monoisotopic (exact) mass is 385 g/mol. The quantitative estimate of drug-likeness (QED) is 0.741. The minimum absolute atomic E-state index is 0.0259. The number of hydrogen-bond donors (Lipinski definition) is 1. The summed E-state index contributed by atoms with van der Waals surface area (Å²) in [5.41, 5.74) is 1.96. The predicted molar refractivity (Wildman–Crippen MR) is 102 cm³/mol. The Morgan fingerprint density at radius 1 is 1.26 bits per heavy atom. The number of hydrogen-bond acceptors (Lipinski definition) is 6. The maximum Gasteiger partial charge on any atom is 0.274 e. The van der Waals surface area contributed by atoms with Crippen molar-refractivity contribution in [1.82, 2.24) is 19.7 Å². The van der Waals surface area contributed by atoms with E-state index in [0.717, 1.165) is 15.9 Å². The average molecular weight is 385 g/mol. The fourth-order valence-corrected chi connectivity index (χ4v) is 3.81. The normalized spacial score (nSPS) is 14.5. The zero-order chi connectivity index (χ0) is 18.8. The number of para-hydroxylation sites is 1. The second-order valence-electron chi connectivity index (χ2n) is 6.27. The number of anilines is 1. The Balaban J connectivity index is 1.43. The van der Waals surface area contributed by atoms with Gasteiger partial charge in [0.25, 0.3) is 5.91 Å². The molecule has 1 saturated heterocycles. The van der Waals surface area contributed by atoms with Crippen molar-refractivity contribution in [2.24, 2.45) is 0 Å². The van der Waals surface area contributed by atoms with E-state index >= 15 is 0 Å². The lowest BCUT2D eigenvalue weighted by atomic mass is 10.3. The molecule has 0 unspecified atom stereocenters. The van der Waals surface area contributed by atoms with E-state index in [1.807, 2.05) is 31.2 Å². The Morgan fingerprint density at radius 3 is 2.81 bits per heavy atom. The number of benzene rings is 1. The van der Waals surface area contributed by atoms with Crippen LogP contribution in [0, 0.1) is 6.92 Å². The molecule has 0 spiro atoms. The van der Waals surface area contributed by atoms with E-state index in [1.54, 1.807) is 11.0 Å². The second-order valence-corrected chi connectivity index (χ2v) is 7.30. The number of morpholine rings is 1. The first kappa shape index (κ1) is 17.6. The molecule has 8 nitrogen and oxygen atoms in total. The molecular weight excluding hydrogens is 366 g/mol. The number of thiazole rings is 1. The Hall–Kier alpha value is -2.78. The third-order valence-electron chi connectivity index (χ3n) is 4.33. The van der Waals surface area contributed by atoms with Gasteiger partial charge in [-0.1, -0.05) is 23.5 Å². The first-order valence-corrected chi connectivity index (χ1v) is 9.49. The molecule has 1 N–H and O–H groups in total. The summed E-state index contributed by atoms with van der Waals surface area (Å²) in [6.45, 7) is 4.05. The summed E-state index contributed by atoms with van der Waals surface area (Å²) >= 11 is 1.42. The van der Waals surface area contributed by atoms with Gasteiger partial charge < -0.3 is 15.0 Å². The van der Waals surface area contributed by atoms with Crippen molar-refractivity contribution in [1.29, 1.82) is 0 Å². The third kappa shape index (κ3) is 3.83. The van der Waals surface area contributed by atoms with E-state index in [-0.39, 0.29) is 18.4 Å². The number of nitrogens with zero attached hydrogens (tertiary/aromatic N) is 4. The molecule has 3 aromatic rings. The summed E-state index contributed by atoms with van der Waals surface area (Å²) in [4.78, 5) is 31.0. The van der Waals surface area contributed by atoms with Crippen LogP contribution in [0.4, 0.5) is 5.13 Å². The lowest BCUT2D eigenvalue weighted by molar-refractivity contribution is -0.116. The highest BCUT2D eigenvalue weighted by Gasteiger charge is 2.22. The van der Waals surface area contributed by atoms with E-state index in [4.69, 9.17) is 4.74 Å². The Kier molecular flexibility index (Phi) is 4.87. The van der Waals surface area contributed by atoms with Gasteiger partial charge in [0, 0.05) is 18.8 Å². The molecule has 1 aliphatic rings. The van der Waals surface area contributed by atoms with Crippen LogP contribution < -0.4 is 5.32 Å². The number of amides is 2. The second kappa shape index (κ2) is 7.45. The molecule has 2 amide bonds. The lowest BCUT2D eigenvalue weighted by Gasteiger charge is -2.25. The van der Waals surface area contributed by atoms with Crippen LogP contribution in [0.25, 0.3) is 10.2 Å². The summed E-state index contributed by atoms with van der Waals surface area (Å²) in [7, 11) is 0. The van der Waals surface area contributed by atoms with E-state index in [0.29, 0.717) is 37.1 Å².